The Balaban J connectivity index is 2.37. The maximum atomic E-state index is 12.4. The molecule has 1 aliphatic heterocycles. The van der Waals surface area contributed by atoms with Gasteiger partial charge >= 0.3 is 11.9 Å². The van der Waals surface area contributed by atoms with Crippen LogP contribution in [0.25, 0.3) is 0 Å². The SMILES string of the molecule is CN1[C@H](c2ccc(Cl)cc2)[C@H](C(=O)NCC(=O)O)C[C@]1(C)C(=O)O. The molecule has 0 spiro atoms. The van der Waals surface area contributed by atoms with Crippen LogP contribution in [0, 0.1) is 5.92 Å². The number of nitrogens with one attached hydrogen (secondary N) is 1. The lowest BCUT2D eigenvalue weighted by Crippen LogP contribution is -2.46. The van der Waals surface area contributed by atoms with Gasteiger partial charge in [0.05, 0.1) is 5.92 Å². The second-order valence-electron chi connectivity index (χ2n) is 6.11. The van der Waals surface area contributed by atoms with Crippen LogP contribution in [-0.4, -0.2) is 52.1 Å². The second-order valence-corrected chi connectivity index (χ2v) is 6.54. The first-order valence-electron chi connectivity index (χ1n) is 7.38. The summed E-state index contributed by atoms with van der Waals surface area (Å²) in [5.41, 5.74) is -0.474. The summed E-state index contributed by atoms with van der Waals surface area (Å²) in [5, 5.41) is 21.2. The van der Waals surface area contributed by atoms with Gasteiger partial charge in [-0.3, -0.25) is 19.3 Å². The van der Waals surface area contributed by atoms with E-state index >= 15 is 0 Å². The number of likely N-dealkylation sites (N-methyl/N-ethyl adjacent to an activating group) is 1. The Morgan fingerprint density at radius 1 is 1.29 bits per heavy atom. The summed E-state index contributed by atoms with van der Waals surface area (Å²) in [7, 11) is 1.65. The molecule has 1 aliphatic rings. The number of carboxylic acid groups (broad SMARTS) is 2. The molecule has 8 heteroatoms. The molecule has 0 bridgehead atoms. The van der Waals surface area contributed by atoms with Gasteiger partial charge in [-0.1, -0.05) is 23.7 Å². The molecule has 1 fully saturated rings. The van der Waals surface area contributed by atoms with Crippen LogP contribution >= 0.6 is 11.6 Å². The molecule has 0 aromatic heterocycles. The molecular weight excluding hydrogens is 336 g/mol. The Bertz CT molecular complexity index is 663. The van der Waals surface area contributed by atoms with Crippen LogP contribution in [0.4, 0.5) is 0 Å². The fourth-order valence-electron chi connectivity index (χ4n) is 3.14. The minimum Gasteiger partial charge on any atom is -0.480 e. The average Bonchev–Trinajstić information content (AvgIpc) is 2.79. The van der Waals surface area contributed by atoms with Crippen molar-refractivity contribution in [2.24, 2.45) is 5.92 Å². The molecule has 1 aromatic carbocycles. The van der Waals surface area contributed by atoms with E-state index in [9.17, 15) is 19.5 Å². The second kappa shape index (κ2) is 6.78. The summed E-state index contributed by atoms with van der Waals surface area (Å²) >= 11 is 5.89. The van der Waals surface area contributed by atoms with E-state index in [0.717, 1.165) is 5.56 Å². The van der Waals surface area contributed by atoms with Crippen molar-refractivity contribution in [3.05, 3.63) is 34.9 Å². The van der Waals surface area contributed by atoms with Crippen LogP contribution in [0.15, 0.2) is 24.3 Å². The largest absolute Gasteiger partial charge is 0.480 e. The predicted octanol–water partition coefficient (Wildman–Crippen LogP) is 1.38. The number of aliphatic carboxylic acids is 2. The zero-order valence-corrected chi connectivity index (χ0v) is 14.1. The first-order valence-corrected chi connectivity index (χ1v) is 7.76. The Morgan fingerprint density at radius 2 is 1.88 bits per heavy atom. The zero-order valence-electron chi connectivity index (χ0n) is 13.3. The number of halogens is 1. The molecule has 3 N–H and O–H groups in total. The molecule has 1 amide bonds. The quantitative estimate of drug-likeness (QED) is 0.737. The van der Waals surface area contributed by atoms with Gasteiger partial charge in [-0.05, 0) is 38.1 Å². The first-order chi connectivity index (χ1) is 11.2. The topological polar surface area (TPSA) is 107 Å². The van der Waals surface area contributed by atoms with E-state index < -0.39 is 41.9 Å². The number of carbonyl (C=O) groups is 3. The predicted molar refractivity (Wildman–Crippen MR) is 86.7 cm³/mol. The monoisotopic (exact) mass is 354 g/mol. The zero-order chi connectivity index (χ0) is 18.1. The van der Waals surface area contributed by atoms with E-state index in [-0.39, 0.29) is 6.42 Å². The summed E-state index contributed by atoms with van der Waals surface area (Å²) in [6, 6.07) is 6.35. The molecule has 0 saturated carbocycles. The molecule has 0 aliphatic carbocycles. The van der Waals surface area contributed by atoms with Crippen molar-refractivity contribution < 1.29 is 24.6 Å². The third-order valence-corrected chi connectivity index (χ3v) is 4.87. The number of carboxylic acids is 2. The van der Waals surface area contributed by atoms with E-state index in [4.69, 9.17) is 16.7 Å². The van der Waals surface area contributed by atoms with Gasteiger partial charge in [0.1, 0.15) is 12.1 Å². The molecule has 1 saturated heterocycles. The van der Waals surface area contributed by atoms with Crippen LogP contribution in [0.1, 0.15) is 24.9 Å². The first kappa shape index (κ1) is 18.2. The summed E-state index contributed by atoms with van der Waals surface area (Å²) in [4.78, 5) is 36.5. The molecule has 1 heterocycles. The number of benzene rings is 1. The van der Waals surface area contributed by atoms with E-state index in [1.807, 2.05) is 0 Å². The highest BCUT2D eigenvalue weighted by Gasteiger charge is 2.54. The fraction of sp³-hybridized carbons (Fsp3) is 0.438. The van der Waals surface area contributed by atoms with E-state index in [2.05, 4.69) is 5.32 Å². The van der Waals surface area contributed by atoms with Crippen LogP contribution in [0.5, 0.6) is 0 Å². The van der Waals surface area contributed by atoms with Crippen molar-refractivity contribution in [3.63, 3.8) is 0 Å². The lowest BCUT2D eigenvalue weighted by molar-refractivity contribution is -0.148. The minimum atomic E-state index is -1.23. The minimum absolute atomic E-state index is 0.0809. The van der Waals surface area contributed by atoms with Gasteiger partial charge < -0.3 is 15.5 Å². The lowest BCUT2D eigenvalue weighted by atomic mass is 9.89. The number of likely N-dealkylation sites (tertiary alicyclic amines) is 1. The Morgan fingerprint density at radius 3 is 2.38 bits per heavy atom. The number of rotatable bonds is 5. The van der Waals surface area contributed by atoms with Crippen LogP contribution in [-0.2, 0) is 14.4 Å². The Hall–Kier alpha value is -2.12. The lowest BCUT2D eigenvalue weighted by Gasteiger charge is -2.32. The third-order valence-electron chi connectivity index (χ3n) is 4.62. The van der Waals surface area contributed by atoms with Gasteiger partial charge in [-0.25, -0.2) is 0 Å². The Kier molecular flexibility index (Phi) is 5.15. The van der Waals surface area contributed by atoms with Crippen molar-refractivity contribution in [1.29, 1.82) is 0 Å². The maximum absolute atomic E-state index is 12.4. The smallest absolute Gasteiger partial charge is 0.323 e. The van der Waals surface area contributed by atoms with Crippen molar-refractivity contribution in [2.45, 2.75) is 24.9 Å². The van der Waals surface area contributed by atoms with Crippen LogP contribution in [0.2, 0.25) is 5.02 Å². The van der Waals surface area contributed by atoms with Gasteiger partial charge in [0, 0.05) is 11.1 Å². The maximum Gasteiger partial charge on any atom is 0.323 e. The van der Waals surface area contributed by atoms with E-state index in [1.54, 1.807) is 43.1 Å². The van der Waals surface area contributed by atoms with Crippen LogP contribution < -0.4 is 5.32 Å². The van der Waals surface area contributed by atoms with Gasteiger partial charge in [0.15, 0.2) is 0 Å². The van der Waals surface area contributed by atoms with Gasteiger partial charge in [0.2, 0.25) is 5.91 Å². The molecule has 0 unspecified atom stereocenters. The van der Waals surface area contributed by atoms with Crippen molar-refractivity contribution in [3.8, 4) is 0 Å². The molecule has 130 valence electrons. The number of hydrogen-bond acceptors (Lipinski definition) is 4. The molecule has 7 nitrogen and oxygen atoms in total. The molecule has 0 radical (unpaired) electrons. The molecular formula is C16H19ClN2O5. The summed E-state index contributed by atoms with van der Waals surface area (Å²) in [6.45, 7) is 1.05. The number of amides is 1. The summed E-state index contributed by atoms with van der Waals surface area (Å²) in [5.74, 6) is -3.35. The highest BCUT2D eigenvalue weighted by atomic mass is 35.5. The fourth-order valence-corrected chi connectivity index (χ4v) is 3.27. The normalized spacial score (nSPS) is 27.0. The third kappa shape index (κ3) is 3.37. The average molecular weight is 355 g/mol. The van der Waals surface area contributed by atoms with Crippen molar-refractivity contribution in [2.75, 3.05) is 13.6 Å². The molecule has 3 atom stereocenters. The molecule has 2 rings (SSSR count). The molecule has 1 aromatic rings. The van der Waals surface area contributed by atoms with Gasteiger partial charge in [0.25, 0.3) is 0 Å². The van der Waals surface area contributed by atoms with Gasteiger partial charge in [-0.2, -0.15) is 0 Å². The van der Waals surface area contributed by atoms with Crippen molar-refractivity contribution >= 4 is 29.4 Å². The number of carbonyl (C=O) groups excluding carboxylic acids is 1. The molecule has 24 heavy (non-hydrogen) atoms. The number of nitrogens with zero attached hydrogens (tertiary/aromatic N) is 1. The van der Waals surface area contributed by atoms with Gasteiger partial charge in [-0.15, -0.1) is 0 Å². The van der Waals surface area contributed by atoms with Crippen LogP contribution in [0.3, 0.4) is 0 Å². The number of hydrogen-bond donors (Lipinski definition) is 3. The highest BCUT2D eigenvalue weighted by Crippen LogP contribution is 2.46. The van der Waals surface area contributed by atoms with E-state index in [0.29, 0.717) is 5.02 Å². The standard InChI is InChI=1S/C16H19ClN2O5/c1-16(15(23)24)7-11(14(22)18-8-12(20)21)13(19(16)2)9-3-5-10(17)6-4-9/h3-6,11,13H,7-8H2,1-2H3,(H,18,22)(H,20,21)(H,23,24)/t11-,13-,16-/m1/s1. The van der Waals surface area contributed by atoms with E-state index in [1.165, 1.54) is 0 Å². The summed E-state index contributed by atoms with van der Waals surface area (Å²) < 4.78 is 0. The Labute approximate surface area is 144 Å². The highest BCUT2D eigenvalue weighted by molar-refractivity contribution is 6.30. The summed E-state index contributed by atoms with van der Waals surface area (Å²) in [6.07, 6.45) is 0.0809. The van der Waals surface area contributed by atoms with Crippen molar-refractivity contribution in [1.82, 2.24) is 10.2 Å².